The number of anilines is 1. The van der Waals surface area contributed by atoms with E-state index in [9.17, 15) is 0 Å². The van der Waals surface area contributed by atoms with Crippen molar-refractivity contribution in [2.75, 3.05) is 18.2 Å². The topological polar surface area (TPSA) is 33.6 Å². The van der Waals surface area contributed by atoms with Gasteiger partial charge in [0.15, 0.2) is 5.17 Å². The van der Waals surface area contributed by atoms with E-state index >= 15 is 0 Å². The number of thioether (sulfide) groups is 1. The Labute approximate surface area is 139 Å². The zero-order valence-electron chi connectivity index (χ0n) is 12.5. The van der Waals surface area contributed by atoms with E-state index in [2.05, 4.69) is 28.2 Å². The summed E-state index contributed by atoms with van der Waals surface area (Å²) in [4.78, 5) is 5.01. The lowest BCUT2D eigenvalue weighted by Gasteiger charge is -2.32. The molecule has 3 rings (SSSR count). The molecule has 2 aliphatic rings. The van der Waals surface area contributed by atoms with Gasteiger partial charge in [0.1, 0.15) is 5.75 Å². The summed E-state index contributed by atoms with van der Waals surface area (Å²) in [5.74, 6) is 2.83. The van der Waals surface area contributed by atoms with Crippen molar-refractivity contribution in [2.45, 2.75) is 38.1 Å². The van der Waals surface area contributed by atoms with Crippen molar-refractivity contribution in [3.63, 3.8) is 0 Å². The summed E-state index contributed by atoms with van der Waals surface area (Å²) in [5, 5.41) is 4.49. The largest absolute Gasteiger partial charge is 0.497 e. The Balaban J connectivity index is 1.74. The van der Waals surface area contributed by atoms with Crippen LogP contribution in [0.15, 0.2) is 27.7 Å². The van der Waals surface area contributed by atoms with Crippen molar-refractivity contribution in [2.24, 2.45) is 10.9 Å². The van der Waals surface area contributed by atoms with Crippen LogP contribution in [0, 0.1) is 5.92 Å². The van der Waals surface area contributed by atoms with Crippen LogP contribution in [0.25, 0.3) is 0 Å². The highest BCUT2D eigenvalue weighted by Gasteiger charge is 2.38. The Morgan fingerprint density at radius 2 is 2.14 bits per heavy atom. The number of nitrogens with zero attached hydrogens (tertiary/aromatic N) is 1. The highest BCUT2D eigenvalue weighted by atomic mass is 79.9. The molecule has 21 heavy (non-hydrogen) atoms. The number of halogens is 1. The van der Waals surface area contributed by atoms with Crippen LogP contribution >= 0.6 is 27.7 Å². The molecule has 0 atom stereocenters. The summed E-state index contributed by atoms with van der Waals surface area (Å²) < 4.78 is 6.32. The number of amidine groups is 1. The lowest BCUT2D eigenvalue weighted by Crippen LogP contribution is -2.32. The second-order valence-corrected chi connectivity index (χ2v) is 7.90. The van der Waals surface area contributed by atoms with Crippen molar-refractivity contribution in [3.8, 4) is 5.75 Å². The van der Waals surface area contributed by atoms with Crippen LogP contribution < -0.4 is 10.1 Å². The van der Waals surface area contributed by atoms with Gasteiger partial charge in [0.25, 0.3) is 0 Å². The standard InChI is InChI=1S/C16H21BrN2OS/c1-11-5-7-16(8-6-11)10-21-15(19-16)18-14-9-12(20-2)3-4-13(14)17/h3-4,9,11H,5-8,10H2,1-2H3,(H,18,19). The Morgan fingerprint density at radius 1 is 1.38 bits per heavy atom. The number of aliphatic imine (C=N–C) groups is 1. The maximum absolute atomic E-state index is 5.29. The van der Waals surface area contributed by atoms with E-state index < -0.39 is 0 Å². The molecule has 0 unspecified atom stereocenters. The minimum atomic E-state index is 0.185. The third-order valence-corrected chi connectivity index (χ3v) is 6.28. The molecular formula is C16H21BrN2OS. The highest BCUT2D eigenvalue weighted by Crippen LogP contribution is 2.42. The zero-order valence-corrected chi connectivity index (χ0v) is 14.9. The molecule has 1 aliphatic heterocycles. The van der Waals surface area contributed by atoms with Crippen molar-refractivity contribution >= 4 is 38.5 Å². The molecule has 1 spiro atoms. The number of nitrogens with one attached hydrogen (secondary N) is 1. The Kier molecular flexibility index (Phi) is 4.50. The minimum absolute atomic E-state index is 0.185. The Bertz CT molecular complexity index is 553. The van der Waals surface area contributed by atoms with E-state index in [1.54, 1.807) is 7.11 Å². The third-order valence-electron chi connectivity index (χ3n) is 4.44. The number of hydrogen-bond donors (Lipinski definition) is 1. The Hall–Kier alpha value is -0.680. The fraction of sp³-hybridized carbons (Fsp3) is 0.562. The molecule has 1 saturated carbocycles. The average molecular weight is 369 g/mol. The first-order chi connectivity index (χ1) is 10.1. The van der Waals surface area contributed by atoms with Gasteiger partial charge in [-0.05, 0) is 59.7 Å². The third kappa shape index (κ3) is 3.39. The number of hydrogen-bond acceptors (Lipinski definition) is 4. The fourth-order valence-electron chi connectivity index (χ4n) is 2.94. The predicted octanol–water partition coefficient (Wildman–Crippen LogP) is 4.92. The lowest BCUT2D eigenvalue weighted by molar-refractivity contribution is 0.273. The highest BCUT2D eigenvalue weighted by molar-refractivity contribution is 9.10. The molecule has 0 saturated heterocycles. The monoisotopic (exact) mass is 368 g/mol. The maximum atomic E-state index is 5.29. The van der Waals surface area contributed by atoms with Crippen LogP contribution in [0.4, 0.5) is 5.69 Å². The fourth-order valence-corrected chi connectivity index (χ4v) is 4.49. The quantitative estimate of drug-likeness (QED) is 0.803. The molecule has 1 N–H and O–H groups in total. The molecule has 1 heterocycles. The summed E-state index contributed by atoms with van der Waals surface area (Å²) in [6.07, 6.45) is 5.07. The van der Waals surface area contributed by atoms with E-state index in [1.165, 1.54) is 25.7 Å². The summed E-state index contributed by atoms with van der Waals surface area (Å²) in [6.45, 7) is 2.35. The van der Waals surface area contributed by atoms with Gasteiger partial charge in [-0.25, -0.2) is 0 Å². The van der Waals surface area contributed by atoms with Crippen LogP contribution in [0.2, 0.25) is 0 Å². The number of rotatable bonds is 2. The molecule has 0 radical (unpaired) electrons. The van der Waals surface area contributed by atoms with Crippen molar-refractivity contribution < 1.29 is 4.74 Å². The molecule has 5 heteroatoms. The van der Waals surface area contributed by atoms with Crippen LogP contribution in [0.1, 0.15) is 32.6 Å². The van der Waals surface area contributed by atoms with Gasteiger partial charge in [-0.3, -0.25) is 4.99 Å². The second-order valence-electron chi connectivity index (χ2n) is 6.08. The first-order valence-electron chi connectivity index (χ1n) is 7.43. The van der Waals surface area contributed by atoms with E-state index in [1.807, 2.05) is 30.0 Å². The van der Waals surface area contributed by atoms with Gasteiger partial charge in [0.05, 0.1) is 18.3 Å². The van der Waals surface area contributed by atoms with Crippen LogP contribution in [0.3, 0.4) is 0 Å². The van der Waals surface area contributed by atoms with Gasteiger partial charge in [0, 0.05) is 16.3 Å². The van der Waals surface area contributed by atoms with E-state index in [4.69, 9.17) is 9.73 Å². The summed E-state index contributed by atoms with van der Waals surface area (Å²) >= 11 is 5.42. The van der Waals surface area contributed by atoms with Crippen molar-refractivity contribution in [1.82, 2.24) is 0 Å². The molecule has 1 aliphatic carbocycles. The van der Waals surface area contributed by atoms with E-state index in [0.29, 0.717) is 0 Å². The maximum Gasteiger partial charge on any atom is 0.161 e. The minimum Gasteiger partial charge on any atom is -0.497 e. The van der Waals surface area contributed by atoms with Gasteiger partial charge in [-0.2, -0.15) is 0 Å². The molecule has 1 aromatic rings. The van der Waals surface area contributed by atoms with Crippen LogP contribution in [-0.4, -0.2) is 23.6 Å². The van der Waals surface area contributed by atoms with Crippen LogP contribution in [0.5, 0.6) is 5.75 Å². The zero-order chi connectivity index (χ0) is 14.9. The first kappa shape index (κ1) is 15.2. The number of ether oxygens (including phenoxy) is 1. The smallest absolute Gasteiger partial charge is 0.161 e. The summed E-state index contributed by atoms with van der Waals surface area (Å²) in [5.41, 5.74) is 1.20. The van der Waals surface area contributed by atoms with Gasteiger partial charge >= 0.3 is 0 Å². The SMILES string of the molecule is COc1ccc(Br)c(NC2=NC3(CCC(C)CC3)CS2)c1. The van der Waals surface area contributed by atoms with E-state index in [-0.39, 0.29) is 5.54 Å². The average Bonchev–Trinajstić information content (AvgIpc) is 2.88. The molecule has 3 nitrogen and oxygen atoms in total. The summed E-state index contributed by atoms with van der Waals surface area (Å²) in [7, 11) is 1.69. The molecule has 114 valence electrons. The predicted molar refractivity (Wildman–Crippen MR) is 94.6 cm³/mol. The number of methoxy groups -OCH3 is 1. The van der Waals surface area contributed by atoms with E-state index in [0.717, 1.165) is 32.7 Å². The van der Waals surface area contributed by atoms with Gasteiger partial charge in [-0.1, -0.05) is 18.7 Å². The number of benzene rings is 1. The van der Waals surface area contributed by atoms with Gasteiger partial charge in [0.2, 0.25) is 0 Å². The molecule has 1 fully saturated rings. The molecule has 0 bridgehead atoms. The van der Waals surface area contributed by atoms with Crippen molar-refractivity contribution in [1.29, 1.82) is 0 Å². The normalized spacial score (nSPS) is 28.5. The Morgan fingerprint density at radius 3 is 2.86 bits per heavy atom. The molecule has 1 aromatic carbocycles. The van der Waals surface area contributed by atoms with Crippen molar-refractivity contribution in [3.05, 3.63) is 22.7 Å². The molecular weight excluding hydrogens is 348 g/mol. The molecule has 0 amide bonds. The van der Waals surface area contributed by atoms with Crippen LogP contribution in [-0.2, 0) is 0 Å². The van der Waals surface area contributed by atoms with Gasteiger partial charge in [-0.15, -0.1) is 0 Å². The first-order valence-corrected chi connectivity index (χ1v) is 9.21. The molecule has 0 aromatic heterocycles. The van der Waals surface area contributed by atoms with Gasteiger partial charge < -0.3 is 10.1 Å². The second kappa shape index (κ2) is 6.21. The lowest BCUT2D eigenvalue weighted by atomic mass is 9.79. The summed E-state index contributed by atoms with van der Waals surface area (Å²) in [6, 6.07) is 5.95.